The van der Waals surface area contributed by atoms with E-state index in [0.717, 1.165) is 42.2 Å². The summed E-state index contributed by atoms with van der Waals surface area (Å²) in [5, 5.41) is 6.51. The van der Waals surface area contributed by atoms with E-state index in [1.807, 2.05) is 6.20 Å². The van der Waals surface area contributed by atoms with Crippen molar-refractivity contribution in [3.63, 3.8) is 0 Å². The van der Waals surface area contributed by atoms with Crippen LogP contribution < -0.4 is 20.1 Å². The smallest absolute Gasteiger partial charge is 0.251 e. The molecule has 1 saturated carbocycles. The van der Waals surface area contributed by atoms with Crippen molar-refractivity contribution >= 4 is 38.4 Å². The van der Waals surface area contributed by atoms with Crippen LogP contribution in [-0.4, -0.2) is 55.8 Å². The SMILES string of the molecule is CNC(=O)c1ccc(Nc2nc(OC3CCCC3)c3c(-c4ccc(S(C)(=O)=O)cc4)c[nH]c3n2)c(OC)c1. The van der Waals surface area contributed by atoms with Gasteiger partial charge in [-0.2, -0.15) is 9.97 Å². The Bertz CT molecular complexity index is 1590. The van der Waals surface area contributed by atoms with Crippen molar-refractivity contribution in [3.05, 3.63) is 54.2 Å². The molecule has 1 aliphatic rings. The molecule has 3 N–H and O–H groups in total. The zero-order valence-corrected chi connectivity index (χ0v) is 22.2. The first-order chi connectivity index (χ1) is 18.3. The third-order valence-corrected chi connectivity index (χ3v) is 7.74. The highest BCUT2D eigenvalue weighted by atomic mass is 32.2. The van der Waals surface area contributed by atoms with Crippen LogP contribution in [-0.2, 0) is 9.84 Å². The average molecular weight is 536 g/mol. The Morgan fingerprint density at radius 2 is 1.82 bits per heavy atom. The quantitative estimate of drug-likeness (QED) is 0.301. The Labute approximate surface area is 220 Å². The highest BCUT2D eigenvalue weighted by molar-refractivity contribution is 7.90. The number of hydrogen-bond donors (Lipinski definition) is 3. The fourth-order valence-electron chi connectivity index (χ4n) is 4.62. The predicted octanol–water partition coefficient (Wildman–Crippen LogP) is 4.46. The number of H-pyrrole nitrogens is 1. The first kappa shape index (κ1) is 25.5. The monoisotopic (exact) mass is 535 g/mol. The minimum atomic E-state index is -3.30. The van der Waals surface area contributed by atoms with Gasteiger partial charge >= 0.3 is 0 Å². The predicted molar refractivity (Wildman–Crippen MR) is 145 cm³/mol. The fraction of sp³-hybridized carbons (Fsp3) is 0.296. The Morgan fingerprint density at radius 3 is 2.47 bits per heavy atom. The molecule has 2 heterocycles. The number of aromatic nitrogens is 3. The summed E-state index contributed by atoms with van der Waals surface area (Å²) in [7, 11) is -0.206. The van der Waals surface area contributed by atoms with E-state index in [2.05, 4.69) is 20.6 Å². The van der Waals surface area contributed by atoms with E-state index in [1.165, 1.54) is 13.4 Å². The topological polar surface area (TPSA) is 135 Å². The molecule has 1 fully saturated rings. The van der Waals surface area contributed by atoms with Crippen LogP contribution in [0.3, 0.4) is 0 Å². The molecule has 10 nitrogen and oxygen atoms in total. The Balaban J connectivity index is 1.56. The van der Waals surface area contributed by atoms with Crippen LogP contribution in [0.1, 0.15) is 36.0 Å². The molecule has 1 amide bonds. The standard InChI is InChI=1S/C27H29N5O5S/c1-28-25(33)17-10-13-21(22(14-17)36-2)30-27-31-24-23(26(32-27)37-18-6-4-5-7-18)20(15-29-24)16-8-11-19(12-9-16)38(3,34)35/h8-15,18H,4-7H2,1-3H3,(H,28,33)(H2,29,30,31,32). The highest BCUT2D eigenvalue weighted by Crippen LogP contribution is 2.37. The normalized spacial score (nSPS) is 14.0. The number of benzene rings is 2. The van der Waals surface area contributed by atoms with Crippen molar-refractivity contribution in [1.82, 2.24) is 20.3 Å². The van der Waals surface area contributed by atoms with E-state index >= 15 is 0 Å². The molecule has 2 aromatic carbocycles. The maximum Gasteiger partial charge on any atom is 0.251 e. The maximum atomic E-state index is 12.0. The molecular weight excluding hydrogens is 506 g/mol. The van der Waals surface area contributed by atoms with E-state index in [4.69, 9.17) is 14.5 Å². The number of fused-ring (bicyclic) bond motifs is 1. The number of hydrogen-bond acceptors (Lipinski definition) is 8. The molecule has 5 rings (SSSR count). The van der Waals surface area contributed by atoms with Crippen molar-refractivity contribution < 1.29 is 22.7 Å². The van der Waals surface area contributed by atoms with E-state index in [0.29, 0.717) is 34.5 Å². The zero-order valence-electron chi connectivity index (χ0n) is 21.4. The molecule has 0 radical (unpaired) electrons. The summed E-state index contributed by atoms with van der Waals surface area (Å²) >= 11 is 0. The molecule has 2 aromatic heterocycles. The lowest BCUT2D eigenvalue weighted by atomic mass is 10.1. The van der Waals surface area contributed by atoms with E-state index < -0.39 is 9.84 Å². The van der Waals surface area contributed by atoms with E-state index in [-0.39, 0.29) is 16.9 Å². The molecule has 4 aromatic rings. The van der Waals surface area contributed by atoms with E-state index in [9.17, 15) is 13.2 Å². The summed E-state index contributed by atoms with van der Waals surface area (Å²) in [6, 6.07) is 11.8. The zero-order chi connectivity index (χ0) is 26.9. The summed E-state index contributed by atoms with van der Waals surface area (Å²) in [5.41, 5.74) is 3.25. The fourth-order valence-corrected chi connectivity index (χ4v) is 5.25. The van der Waals surface area contributed by atoms with Gasteiger partial charge in [0.25, 0.3) is 5.91 Å². The lowest BCUT2D eigenvalue weighted by Crippen LogP contribution is -2.17. The summed E-state index contributed by atoms with van der Waals surface area (Å²) in [6.45, 7) is 0. The molecule has 1 aliphatic carbocycles. The van der Waals surface area contributed by atoms with Gasteiger partial charge < -0.3 is 25.1 Å². The van der Waals surface area contributed by atoms with Gasteiger partial charge in [0.05, 0.1) is 23.1 Å². The molecule has 11 heteroatoms. The van der Waals surface area contributed by atoms with Crippen LogP contribution in [0.4, 0.5) is 11.6 Å². The summed E-state index contributed by atoms with van der Waals surface area (Å²) in [6.07, 6.45) is 7.16. The molecule has 198 valence electrons. The number of nitrogens with one attached hydrogen (secondary N) is 3. The van der Waals surface area contributed by atoms with Gasteiger partial charge in [0.2, 0.25) is 11.8 Å². The van der Waals surface area contributed by atoms with Crippen LogP contribution in [0, 0.1) is 0 Å². The number of amides is 1. The van der Waals surface area contributed by atoms with Gasteiger partial charge in [-0.3, -0.25) is 4.79 Å². The summed E-state index contributed by atoms with van der Waals surface area (Å²) < 4.78 is 35.7. The third-order valence-electron chi connectivity index (χ3n) is 6.61. The number of nitrogens with zero attached hydrogens (tertiary/aromatic N) is 2. The third kappa shape index (κ3) is 5.14. The molecule has 0 aliphatic heterocycles. The van der Waals surface area contributed by atoms with Gasteiger partial charge in [-0.05, 0) is 61.6 Å². The summed E-state index contributed by atoms with van der Waals surface area (Å²) in [5.74, 6) is 0.987. The Kier molecular flexibility index (Phi) is 6.94. The van der Waals surface area contributed by atoms with Crippen molar-refractivity contribution in [2.24, 2.45) is 0 Å². The van der Waals surface area contributed by atoms with Crippen molar-refractivity contribution in [2.45, 2.75) is 36.7 Å². The van der Waals surface area contributed by atoms with Gasteiger partial charge in [0.1, 0.15) is 17.5 Å². The van der Waals surface area contributed by atoms with Crippen LogP contribution >= 0.6 is 0 Å². The number of carbonyl (C=O) groups is 1. The van der Waals surface area contributed by atoms with Gasteiger partial charge in [0.15, 0.2) is 9.84 Å². The lowest BCUT2D eigenvalue weighted by molar-refractivity contribution is 0.0962. The molecule has 0 spiro atoms. The number of anilines is 2. The Hall–Kier alpha value is -4.12. The van der Waals surface area contributed by atoms with Gasteiger partial charge in [-0.25, -0.2) is 8.42 Å². The minimum Gasteiger partial charge on any atom is -0.495 e. The van der Waals surface area contributed by atoms with Crippen molar-refractivity contribution in [3.8, 4) is 22.8 Å². The molecule has 0 atom stereocenters. The number of rotatable bonds is 8. The first-order valence-corrected chi connectivity index (χ1v) is 14.2. The molecular formula is C27H29N5O5S. The molecule has 0 bridgehead atoms. The minimum absolute atomic E-state index is 0.0534. The van der Waals surface area contributed by atoms with Gasteiger partial charge in [-0.15, -0.1) is 0 Å². The summed E-state index contributed by atoms with van der Waals surface area (Å²) in [4.78, 5) is 24.9. The average Bonchev–Trinajstić information content (AvgIpc) is 3.58. The van der Waals surface area contributed by atoms with Crippen molar-refractivity contribution in [1.29, 1.82) is 0 Å². The molecule has 0 unspecified atom stereocenters. The maximum absolute atomic E-state index is 12.0. The van der Waals surface area contributed by atoms with E-state index in [1.54, 1.807) is 49.5 Å². The van der Waals surface area contributed by atoms with Gasteiger partial charge in [-0.1, -0.05) is 12.1 Å². The second-order valence-corrected chi connectivity index (χ2v) is 11.2. The Morgan fingerprint density at radius 1 is 1.08 bits per heavy atom. The first-order valence-electron chi connectivity index (χ1n) is 12.3. The number of methoxy groups -OCH3 is 1. The van der Waals surface area contributed by atoms with Crippen molar-refractivity contribution in [2.75, 3.05) is 25.7 Å². The van der Waals surface area contributed by atoms with Crippen LogP contribution in [0.5, 0.6) is 11.6 Å². The van der Waals surface area contributed by atoms with Crippen LogP contribution in [0.15, 0.2) is 53.6 Å². The number of aromatic amines is 1. The molecule has 38 heavy (non-hydrogen) atoms. The van der Waals surface area contributed by atoms with Crippen LogP contribution in [0.2, 0.25) is 0 Å². The second-order valence-electron chi connectivity index (χ2n) is 9.22. The number of carbonyl (C=O) groups excluding carboxylic acids is 1. The van der Waals surface area contributed by atoms with Gasteiger partial charge in [0, 0.05) is 30.6 Å². The number of sulfone groups is 1. The largest absolute Gasteiger partial charge is 0.495 e. The van der Waals surface area contributed by atoms with Crippen LogP contribution in [0.25, 0.3) is 22.2 Å². The molecule has 0 saturated heterocycles. The number of ether oxygens (including phenoxy) is 2. The highest BCUT2D eigenvalue weighted by Gasteiger charge is 2.23. The lowest BCUT2D eigenvalue weighted by Gasteiger charge is -2.16. The second kappa shape index (κ2) is 10.3.